The normalized spacial score (nSPS) is 10.3. The third-order valence-electron chi connectivity index (χ3n) is 3.64. The average Bonchev–Trinajstić information content (AvgIpc) is 2.62. The summed E-state index contributed by atoms with van der Waals surface area (Å²) >= 11 is 0. The van der Waals surface area contributed by atoms with Crippen molar-refractivity contribution < 1.29 is 24.3 Å². The van der Waals surface area contributed by atoms with Gasteiger partial charge in [0.15, 0.2) is 0 Å². The van der Waals surface area contributed by atoms with E-state index < -0.39 is 10.9 Å². The van der Waals surface area contributed by atoms with E-state index in [1.165, 1.54) is 12.1 Å². The summed E-state index contributed by atoms with van der Waals surface area (Å²) in [4.78, 5) is 22.7. The topological polar surface area (TPSA) is 111 Å². The number of ether oxygens (including phenoxy) is 2. The van der Waals surface area contributed by atoms with Crippen molar-refractivity contribution >= 4 is 17.3 Å². The number of hydrogen-bond donors (Lipinski definition) is 2. The van der Waals surface area contributed by atoms with E-state index in [1.54, 1.807) is 0 Å². The van der Waals surface area contributed by atoms with Crippen molar-refractivity contribution in [3.05, 3.63) is 63.2 Å². The van der Waals surface area contributed by atoms with Crippen LogP contribution in [0.15, 0.2) is 36.4 Å². The molecule has 0 atom stereocenters. The van der Waals surface area contributed by atoms with Gasteiger partial charge in [-0.15, -0.1) is 0 Å². The maximum Gasteiger partial charge on any atom is 0.340 e. The summed E-state index contributed by atoms with van der Waals surface area (Å²) in [5.74, 6) is -0.0210. The van der Waals surface area contributed by atoms with E-state index in [2.05, 4.69) is 5.32 Å². The lowest BCUT2D eigenvalue weighted by Gasteiger charge is -2.12. The summed E-state index contributed by atoms with van der Waals surface area (Å²) in [5, 5.41) is 22.7. The van der Waals surface area contributed by atoms with Crippen LogP contribution in [0.3, 0.4) is 0 Å². The molecule has 0 bridgehead atoms. The molecule has 0 fully saturated rings. The summed E-state index contributed by atoms with van der Waals surface area (Å²) in [6, 6.07) is 9.62. The lowest BCUT2D eigenvalue weighted by molar-refractivity contribution is -0.384. The summed E-state index contributed by atoms with van der Waals surface area (Å²) in [5.41, 5.74) is 2.30. The van der Waals surface area contributed by atoms with Gasteiger partial charge in [-0.25, -0.2) is 4.79 Å². The third-order valence-corrected chi connectivity index (χ3v) is 3.64. The predicted molar refractivity (Wildman–Crippen MR) is 100 cm³/mol. The van der Waals surface area contributed by atoms with Gasteiger partial charge in [0.25, 0.3) is 5.69 Å². The Kier molecular flexibility index (Phi) is 7.13. The minimum Gasteiger partial charge on any atom is -0.490 e. The monoisotopic (exact) mass is 374 g/mol. The van der Waals surface area contributed by atoms with Gasteiger partial charge in [0.1, 0.15) is 19.0 Å². The number of nitrogens with one attached hydrogen (secondary N) is 1. The van der Waals surface area contributed by atoms with E-state index in [9.17, 15) is 14.9 Å². The first-order valence-electron chi connectivity index (χ1n) is 8.42. The average molecular weight is 374 g/mol. The van der Waals surface area contributed by atoms with Gasteiger partial charge in [0.05, 0.1) is 17.1 Å². The zero-order valence-corrected chi connectivity index (χ0v) is 15.2. The highest BCUT2D eigenvalue weighted by molar-refractivity contribution is 5.96. The lowest BCUT2D eigenvalue weighted by atomic mass is 10.1. The Morgan fingerprint density at radius 2 is 1.85 bits per heavy atom. The van der Waals surface area contributed by atoms with E-state index >= 15 is 0 Å². The molecule has 2 aromatic rings. The highest BCUT2D eigenvalue weighted by atomic mass is 16.6. The number of aliphatic hydroxyl groups is 1. The Hall–Kier alpha value is -3.13. The summed E-state index contributed by atoms with van der Waals surface area (Å²) in [6.07, 6.45) is 0. The summed E-state index contributed by atoms with van der Waals surface area (Å²) < 4.78 is 10.8. The number of nitro groups is 1. The van der Waals surface area contributed by atoms with Crippen LogP contribution in [0, 0.1) is 24.0 Å². The van der Waals surface area contributed by atoms with Gasteiger partial charge in [0, 0.05) is 24.4 Å². The second-order valence-electron chi connectivity index (χ2n) is 5.95. The molecule has 0 aliphatic rings. The van der Waals surface area contributed by atoms with Gasteiger partial charge in [0.2, 0.25) is 0 Å². The number of nitrogens with zero attached hydrogens (tertiary/aromatic N) is 1. The van der Waals surface area contributed by atoms with Crippen molar-refractivity contribution in [3.8, 4) is 5.75 Å². The van der Waals surface area contributed by atoms with Crippen LogP contribution in [0.25, 0.3) is 0 Å². The number of esters is 1. The number of nitro benzene ring substituents is 1. The van der Waals surface area contributed by atoms with E-state index in [-0.39, 0.29) is 37.6 Å². The predicted octanol–water partition coefficient (Wildman–Crippen LogP) is 2.85. The maximum absolute atomic E-state index is 12.3. The fourth-order valence-electron chi connectivity index (χ4n) is 2.55. The zero-order chi connectivity index (χ0) is 19.8. The van der Waals surface area contributed by atoms with E-state index in [4.69, 9.17) is 14.6 Å². The fraction of sp³-hybridized carbons (Fsp3) is 0.316. The number of rotatable bonds is 9. The number of carbonyl (C=O) groups is 1. The number of hydrogen-bond acceptors (Lipinski definition) is 7. The molecular formula is C19H22N2O6. The Morgan fingerprint density at radius 1 is 1.15 bits per heavy atom. The molecule has 27 heavy (non-hydrogen) atoms. The van der Waals surface area contributed by atoms with Crippen molar-refractivity contribution in [1.29, 1.82) is 0 Å². The van der Waals surface area contributed by atoms with Crippen LogP contribution < -0.4 is 10.1 Å². The molecule has 2 N–H and O–H groups in total. The first kappa shape index (κ1) is 20.2. The van der Waals surface area contributed by atoms with Crippen molar-refractivity contribution in [1.82, 2.24) is 0 Å². The number of benzene rings is 2. The standard InChI is InChI=1S/C19H22N2O6/c1-13-9-14(2)11-16(10-13)26-7-8-27-19(23)17-12-15(21(24)25)3-4-18(17)20-5-6-22/h3-4,9-12,20,22H,5-8H2,1-2H3. The fourth-order valence-corrected chi connectivity index (χ4v) is 2.55. The molecule has 0 amide bonds. The molecule has 0 aromatic heterocycles. The van der Waals surface area contributed by atoms with Crippen molar-refractivity contribution in [2.24, 2.45) is 0 Å². The van der Waals surface area contributed by atoms with Crippen LogP contribution in [0.5, 0.6) is 5.75 Å². The minimum atomic E-state index is -0.705. The maximum atomic E-state index is 12.3. The summed E-state index contributed by atoms with van der Waals surface area (Å²) in [6.45, 7) is 4.13. The van der Waals surface area contributed by atoms with Gasteiger partial charge in [-0.05, 0) is 43.2 Å². The van der Waals surface area contributed by atoms with Crippen molar-refractivity contribution in [3.63, 3.8) is 0 Å². The van der Waals surface area contributed by atoms with Crippen LogP contribution in [0.1, 0.15) is 21.5 Å². The quantitative estimate of drug-likeness (QED) is 0.300. The first-order valence-corrected chi connectivity index (χ1v) is 8.42. The Labute approximate surface area is 156 Å². The molecule has 0 aliphatic heterocycles. The largest absolute Gasteiger partial charge is 0.490 e. The molecular weight excluding hydrogens is 352 g/mol. The number of carbonyl (C=O) groups excluding carboxylic acids is 1. The van der Waals surface area contributed by atoms with Gasteiger partial charge in [-0.1, -0.05) is 6.07 Å². The Bertz CT molecular complexity index is 802. The Balaban J connectivity index is 1.99. The number of anilines is 1. The second-order valence-corrected chi connectivity index (χ2v) is 5.95. The molecule has 2 aromatic carbocycles. The van der Waals surface area contributed by atoms with Gasteiger partial charge in [-0.2, -0.15) is 0 Å². The van der Waals surface area contributed by atoms with Gasteiger partial charge < -0.3 is 19.9 Å². The number of non-ortho nitro benzene ring substituents is 1. The number of aliphatic hydroxyl groups excluding tert-OH is 1. The SMILES string of the molecule is Cc1cc(C)cc(OCCOC(=O)c2cc([N+](=O)[O-])ccc2NCCO)c1. The van der Waals surface area contributed by atoms with Crippen LogP contribution in [0.2, 0.25) is 0 Å². The molecule has 0 unspecified atom stereocenters. The molecule has 8 heteroatoms. The van der Waals surface area contributed by atoms with E-state index in [1.807, 2.05) is 32.0 Å². The van der Waals surface area contributed by atoms with Crippen LogP contribution in [-0.2, 0) is 4.74 Å². The molecule has 0 saturated heterocycles. The minimum absolute atomic E-state index is 0.00600. The highest BCUT2D eigenvalue weighted by Crippen LogP contribution is 2.23. The van der Waals surface area contributed by atoms with Crippen molar-refractivity contribution in [2.75, 3.05) is 31.7 Å². The van der Waals surface area contributed by atoms with E-state index in [0.717, 1.165) is 17.2 Å². The van der Waals surface area contributed by atoms with Gasteiger partial charge >= 0.3 is 5.97 Å². The molecule has 0 aliphatic carbocycles. The van der Waals surface area contributed by atoms with Gasteiger partial charge in [-0.3, -0.25) is 10.1 Å². The first-order chi connectivity index (χ1) is 12.9. The van der Waals surface area contributed by atoms with Crippen LogP contribution in [-0.4, -0.2) is 42.4 Å². The molecule has 8 nitrogen and oxygen atoms in total. The summed E-state index contributed by atoms with van der Waals surface area (Å²) in [7, 11) is 0. The molecule has 144 valence electrons. The second kappa shape index (κ2) is 9.54. The molecule has 0 heterocycles. The molecule has 0 spiro atoms. The molecule has 0 radical (unpaired) electrons. The molecule has 2 rings (SSSR count). The van der Waals surface area contributed by atoms with Crippen LogP contribution >= 0.6 is 0 Å². The zero-order valence-electron chi connectivity index (χ0n) is 15.2. The molecule has 0 saturated carbocycles. The Morgan fingerprint density at radius 3 is 2.48 bits per heavy atom. The third kappa shape index (κ3) is 5.96. The number of aryl methyl sites for hydroxylation is 2. The lowest BCUT2D eigenvalue weighted by Crippen LogP contribution is -2.15. The van der Waals surface area contributed by atoms with Crippen LogP contribution in [0.4, 0.5) is 11.4 Å². The smallest absolute Gasteiger partial charge is 0.340 e. The van der Waals surface area contributed by atoms with Crippen molar-refractivity contribution in [2.45, 2.75) is 13.8 Å². The van der Waals surface area contributed by atoms with E-state index in [0.29, 0.717) is 11.4 Å². The highest BCUT2D eigenvalue weighted by Gasteiger charge is 2.18.